The minimum absolute atomic E-state index is 0.0392. The lowest BCUT2D eigenvalue weighted by Gasteiger charge is -2.23. The number of ether oxygens (including phenoxy) is 2. The molecule has 4 nitrogen and oxygen atoms in total. The monoisotopic (exact) mass is 260 g/mol. The van der Waals surface area contributed by atoms with Crippen LogP contribution in [0.3, 0.4) is 0 Å². The van der Waals surface area contributed by atoms with Gasteiger partial charge in [-0.05, 0) is 25.8 Å². The topological polar surface area (TPSA) is 54.3 Å². The van der Waals surface area contributed by atoms with Gasteiger partial charge < -0.3 is 14.8 Å². The fraction of sp³-hybridized carbons (Fsp3) is 0.533. The molecule has 0 amide bonds. The van der Waals surface area contributed by atoms with Crippen molar-refractivity contribution in [3.63, 3.8) is 0 Å². The molecule has 1 unspecified atom stereocenters. The number of hydrogen-bond donors (Lipinski definition) is 1. The summed E-state index contributed by atoms with van der Waals surface area (Å²) >= 11 is 0. The Morgan fingerprint density at radius 1 is 1.47 bits per heavy atom. The average Bonchev–Trinajstić information content (AvgIpc) is 2.85. The molecule has 1 N–H and O–H groups in total. The van der Waals surface area contributed by atoms with Gasteiger partial charge >= 0.3 is 0 Å². The maximum absolute atomic E-state index is 8.56. The SMILES string of the molecule is CC1(CNCc2ccccc2OCC#N)CCCO1. The van der Waals surface area contributed by atoms with Crippen molar-refractivity contribution in [2.75, 3.05) is 19.8 Å². The van der Waals surface area contributed by atoms with Gasteiger partial charge in [-0.2, -0.15) is 5.26 Å². The van der Waals surface area contributed by atoms with Crippen LogP contribution in [0.25, 0.3) is 0 Å². The highest BCUT2D eigenvalue weighted by molar-refractivity contribution is 5.33. The van der Waals surface area contributed by atoms with Crippen molar-refractivity contribution < 1.29 is 9.47 Å². The Morgan fingerprint density at radius 2 is 2.32 bits per heavy atom. The highest BCUT2D eigenvalue weighted by Crippen LogP contribution is 2.24. The van der Waals surface area contributed by atoms with Crippen molar-refractivity contribution >= 4 is 0 Å². The fourth-order valence-corrected chi connectivity index (χ4v) is 2.34. The second-order valence-electron chi connectivity index (χ2n) is 5.06. The molecule has 0 radical (unpaired) electrons. The number of nitriles is 1. The first-order valence-electron chi connectivity index (χ1n) is 6.66. The smallest absolute Gasteiger partial charge is 0.174 e. The van der Waals surface area contributed by atoms with Crippen molar-refractivity contribution in [3.05, 3.63) is 29.8 Å². The lowest BCUT2D eigenvalue weighted by Crippen LogP contribution is -2.36. The summed E-state index contributed by atoms with van der Waals surface area (Å²) in [6.07, 6.45) is 2.24. The van der Waals surface area contributed by atoms with Crippen LogP contribution in [0.4, 0.5) is 0 Å². The predicted octanol–water partition coefficient (Wildman–Crippen LogP) is 2.25. The van der Waals surface area contributed by atoms with E-state index in [4.69, 9.17) is 14.7 Å². The maximum atomic E-state index is 8.56. The summed E-state index contributed by atoms with van der Waals surface area (Å²) in [7, 11) is 0. The summed E-state index contributed by atoms with van der Waals surface area (Å²) in [5, 5.41) is 12.0. The lowest BCUT2D eigenvalue weighted by atomic mass is 10.0. The molecule has 1 aliphatic rings. The third kappa shape index (κ3) is 3.95. The number of nitrogens with one attached hydrogen (secondary N) is 1. The number of para-hydroxylation sites is 1. The van der Waals surface area contributed by atoms with Gasteiger partial charge in [-0.3, -0.25) is 0 Å². The van der Waals surface area contributed by atoms with Crippen molar-refractivity contribution in [1.29, 1.82) is 5.26 Å². The summed E-state index contributed by atoms with van der Waals surface area (Å²) in [6, 6.07) is 9.78. The van der Waals surface area contributed by atoms with Crippen molar-refractivity contribution in [2.24, 2.45) is 0 Å². The van der Waals surface area contributed by atoms with Crippen LogP contribution in [0, 0.1) is 11.3 Å². The van der Waals surface area contributed by atoms with Crippen LogP contribution in [0.1, 0.15) is 25.3 Å². The van der Waals surface area contributed by atoms with Crippen molar-refractivity contribution in [3.8, 4) is 11.8 Å². The van der Waals surface area contributed by atoms with E-state index >= 15 is 0 Å². The Kier molecular flexibility index (Phi) is 4.78. The van der Waals surface area contributed by atoms with E-state index in [1.165, 1.54) is 0 Å². The third-order valence-corrected chi connectivity index (χ3v) is 3.38. The van der Waals surface area contributed by atoms with E-state index in [0.29, 0.717) is 0 Å². The summed E-state index contributed by atoms with van der Waals surface area (Å²) in [6.45, 7) is 4.64. The summed E-state index contributed by atoms with van der Waals surface area (Å²) in [5.74, 6) is 0.772. The molecule has 0 saturated carbocycles. The van der Waals surface area contributed by atoms with Gasteiger partial charge in [-0.1, -0.05) is 18.2 Å². The van der Waals surface area contributed by atoms with Gasteiger partial charge in [0.25, 0.3) is 0 Å². The Bertz CT molecular complexity index is 448. The first kappa shape index (κ1) is 13.9. The molecule has 4 heteroatoms. The molecule has 2 rings (SSSR count). The number of hydrogen-bond acceptors (Lipinski definition) is 4. The van der Waals surface area contributed by atoms with Gasteiger partial charge in [0.1, 0.15) is 11.8 Å². The third-order valence-electron chi connectivity index (χ3n) is 3.38. The second-order valence-corrected chi connectivity index (χ2v) is 5.06. The molecule has 1 aromatic rings. The molecule has 0 bridgehead atoms. The van der Waals surface area contributed by atoms with Gasteiger partial charge in [0.15, 0.2) is 6.61 Å². The first-order chi connectivity index (χ1) is 9.23. The van der Waals surface area contributed by atoms with Gasteiger partial charge in [0.05, 0.1) is 5.60 Å². The zero-order valence-corrected chi connectivity index (χ0v) is 11.3. The quantitative estimate of drug-likeness (QED) is 0.852. The summed E-state index contributed by atoms with van der Waals surface area (Å²) in [5.41, 5.74) is 1.03. The van der Waals surface area contributed by atoms with Crippen LogP contribution >= 0.6 is 0 Å². The largest absolute Gasteiger partial charge is 0.478 e. The van der Waals surface area contributed by atoms with E-state index in [9.17, 15) is 0 Å². The van der Waals surface area contributed by atoms with Gasteiger partial charge in [0.2, 0.25) is 0 Å². The molecular formula is C15H20N2O2. The Balaban J connectivity index is 1.87. The molecule has 1 aliphatic heterocycles. The van der Waals surface area contributed by atoms with E-state index < -0.39 is 0 Å². The zero-order chi connectivity index (χ0) is 13.6. The Labute approximate surface area is 114 Å². The fourth-order valence-electron chi connectivity index (χ4n) is 2.34. The van der Waals surface area contributed by atoms with Gasteiger partial charge in [-0.25, -0.2) is 0 Å². The molecule has 0 aromatic heterocycles. The van der Waals surface area contributed by atoms with E-state index in [1.807, 2.05) is 30.3 Å². The van der Waals surface area contributed by atoms with Gasteiger partial charge in [0, 0.05) is 25.3 Å². The molecule has 1 aromatic carbocycles. The van der Waals surface area contributed by atoms with Crippen LogP contribution in [0.2, 0.25) is 0 Å². The first-order valence-corrected chi connectivity index (χ1v) is 6.66. The molecule has 0 aliphatic carbocycles. The Hall–Kier alpha value is -1.57. The second kappa shape index (κ2) is 6.55. The standard InChI is InChI=1S/C15H20N2O2/c1-15(7-4-9-19-15)12-17-11-13-5-2-3-6-14(13)18-10-8-16/h2-3,5-6,17H,4,7,9-12H2,1H3. The number of rotatable bonds is 6. The van der Waals surface area contributed by atoms with Crippen LogP contribution in [-0.2, 0) is 11.3 Å². The van der Waals surface area contributed by atoms with Crippen LogP contribution in [0.5, 0.6) is 5.75 Å². The summed E-state index contributed by atoms with van der Waals surface area (Å²) in [4.78, 5) is 0. The molecule has 19 heavy (non-hydrogen) atoms. The minimum atomic E-state index is -0.0392. The zero-order valence-electron chi connectivity index (χ0n) is 11.3. The van der Waals surface area contributed by atoms with Crippen LogP contribution < -0.4 is 10.1 Å². The van der Waals surface area contributed by atoms with Crippen LogP contribution in [-0.4, -0.2) is 25.4 Å². The van der Waals surface area contributed by atoms with Crippen LogP contribution in [0.15, 0.2) is 24.3 Å². The van der Waals surface area contributed by atoms with Crippen molar-refractivity contribution in [2.45, 2.75) is 31.9 Å². The highest BCUT2D eigenvalue weighted by Gasteiger charge is 2.28. The highest BCUT2D eigenvalue weighted by atomic mass is 16.5. The molecule has 1 atom stereocenters. The van der Waals surface area contributed by atoms with E-state index in [0.717, 1.165) is 43.9 Å². The molecule has 1 saturated heterocycles. The van der Waals surface area contributed by atoms with E-state index in [2.05, 4.69) is 12.2 Å². The number of nitrogens with zero attached hydrogens (tertiary/aromatic N) is 1. The Morgan fingerprint density at radius 3 is 3.05 bits per heavy atom. The lowest BCUT2D eigenvalue weighted by molar-refractivity contribution is 0.0206. The average molecular weight is 260 g/mol. The normalized spacial score (nSPS) is 22.1. The predicted molar refractivity (Wildman–Crippen MR) is 72.8 cm³/mol. The van der Waals surface area contributed by atoms with E-state index in [1.54, 1.807) is 0 Å². The van der Waals surface area contributed by atoms with Crippen molar-refractivity contribution in [1.82, 2.24) is 5.32 Å². The molecular weight excluding hydrogens is 240 g/mol. The molecule has 102 valence electrons. The maximum Gasteiger partial charge on any atom is 0.174 e. The molecule has 1 heterocycles. The molecule has 0 spiro atoms. The van der Waals surface area contributed by atoms with Gasteiger partial charge in [-0.15, -0.1) is 0 Å². The molecule has 1 fully saturated rings. The van der Waals surface area contributed by atoms with E-state index in [-0.39, 0.29) is 12.2 Å². The number of benzene rings is 1. The summed E-state index contributed by atoms with van der Waals surface area (Å²) < 4.78 is 11.1. The minimum Gasteiger partial charge on any atom is -0.478 e.